The summed E-state index contributed by atoms with van der Waals surface area (Å²) in [5.74, 6) is 0.839. The molecule has 0 bridgehead atoms. The maximum Gasteiger partial charge on any atom is 0.340 e. The second-order valence-corrected chi connectivity index (χ2v) is 4.57. The molecule has 0 aliphatic carbocycles. The third kappa shape index (κ3) is 2.42. The molecule has 1 aliphatic heterocycles. The smallest absolute Gasteiger partial charge is 0.340 e. The Morgan fingerprint density at radius 3 is 3.10 bits per heavy atom. The lowest BCUT2D eigenvalue weighted by atomic mass is 9.92. The number of H-pyrrole nitrogens is 2. The Labute approximate surface area is 114 Å². The number of hydrogen-bond donors (Lipinski definition) is 3. The number of amides is 1. The zero-order valence-corrected chi connectivity index (χ0v) is 10.7. The van der Waals surface area contributed by atoms with Gasteiger partial charge in [-0.25, -0.2) is 9.89 Å². The van der Waals surface area contributed by atoms with Crippen molar-refractivity contribution in [1.82, 2.24) is 20.5 Å². The van der Waals surface area contributed by atoms with E-state index in [1.54, 1.807) is 0 Å². The van der Waals surface area contributed by atoms with E-state index in [-0.39, 0.29) is 24.1 Å². The third-order valence-electron chi connectivity index (χ3n) is 3.26. The van der Waals surface area contributed by atoms with Crippen LogP contribution in [-0.2, 0) is 11.3 Å². The monoisotopic (exact) mass is 274 g/mol. The van der Waals surface area contributed by atoms with E-state index >= 15 is 0 Å². The van der Waals surface area contributed by atoms with Gasteiger partial charge < -0.3 is 10.1 Å². The third-order valence-corrected chi connectivity index (χ3v) is 3.26. The topological polar surface area (TPSA) is 99.9 Å². The highest BCUT2D eigenvalue weighted by molar-refractivity contribution is 5.84. The molecule has 1 atom stereocenters. The summed E-state index contributed by atoms with van der Waals surface area (Å²) in [6, 6.07) is 7.53. The number of aromatic amines is 2. The van der Waals surface area contributed by atoms with Gasteiger partial charge in [-0.2, -0.15) is 5.10 Å². The van der Waals surface area contributed by atoms with Crippen LogP contribution >= 0.6 is 0 Å². The summed E-state index contributed by atoms with van der Waals surface area (Å²) < 4.78 is 5.53. The number of fused-ring (bicyclic) bond motifs is 1. The van der Waals surface area contributed by atoms with E-state index in [2.05, 4.69) is 20.5 Å². The Kier molecular flexibility index (Phi) is 3.24. The van der Waals surface area contributed by atoms with Crippen molar-refractivity contribution in [2.45, 2.75) is 18.9 Å². The average Bonchev–Trinajstić information content (AvgIpc) is 2.90. The number of nitrogens with zero attached hydrogens (tertiary/aromatic N) is 1. The minimum absolute atomic E-state index is 0.0930. The molecule has 1 aromatic heterocycles. The van der Waals surface area contributed by atoms with Crippen LogP contribution in [0.4, 0.5) is 0 Å². The summed E-state index contributed by atoms with van der Waals surface area (Å²) in [7, 11) is 0. The van der Waals surface area contributed by atoms with E-state index in [1.165, 1.54) is 0 Å². The molecule has 0 saturated heterocycles. The molecule has 0 fully saturated rings. The maximum absolute atomic E-state index is 12.2. The van der Waals surface area contributed by atoms with Crippen molar-refractivity contribution in [3.05, 3.63) is 46.1 Å². The van der Waals surface area contributed by atoms with E-state index in [9.17, 15) is 9.59 Å². The summed E-state index contributed by atoms with van der Waals surface area (Å²) in [5.41, 5.74) is 0.512. The maximum atomic E-state index is 12.2. The molecule has 20 heavy (non-hydrogen) atoms. The minimum Gasteiger partial charge on any atom is -0.493 e. The van der Waals surface area contributed by atoms with E-state index in [0.29, 0.717) is 18.9 Å². The molecular formula is C13H14N4O3. The van der Waals surface area contributed by atoms with Crippen molar-refractivity contribution in [2.24, 2.45) is 0 Å². The highest BCUT2D eigenvalue weighted by atomic mass is 16.5. The fourth-order valence-electron chi connectivity index (χ4n) is 2.30. The Hall–Kier alpha value is -2.57. The van der Waals surface area contributed by atoms with Crippen molar-refractivity contribution >= 4 is 5.91 Å². The number of benzene rings is 1. The number of carbonyl (C=O) groups excluding carboxylic acids is 1. The molecule has 7 nitrogen and oxygen atoms in total. The molecule has 1 aliphatic rings. The van der Waals surface area contributed by atoms with Gasteiger partial charge in [-0.3, -0.25) is 9.78 Å². The van der Waals surface area contributed by atoms with Crippen molar-refractivity contribution in [1.29, 1.82) is 0 Å². The summed E-state index contributed by atoms with van der Waals surface area (Å²) in [5, 5.41) is 8.78. The molecule has 2 heterocycles. The van der Waals surface area contributed by atoms with E-state index in [0.717, 1.165) is 11.3 Å². The summed E-state index contributed by atoms with van der Waals surface area (Å²) in [6.07, 6.45) is 0.639. The Morgan fingerprint density at radius 2 is 2.30 bits per heavy atom. The zero-order valence-electron chi connectivity index (χ0n) is 10.7. The Morgan fingerprint density at radius 1 is 1.45 bits per heavy atom. The molecule has 0 saturated carbocycles. The van der Waals surface area contributed by atoms with Crippen LogP contribution in [0.2, 0.25) is 0 Å². The number of carbonyl (C=O) groups is 1. The lowest BCUT2D eigenvalue weighted by Gasteiger charge is -2.24. The number of nitrogens with one attached hydrogen (secondary N) is 3. The second kappa shape index (κ2) is 5.20. The van der Waals surface area contributed by atoms with Crippen LogP contribution in [0.1, 0.15) is 23.7 Å². The molecule has 2 aromatic rings. The number of hydrogen-bond acceptors (Lipinski definition) is 4. The first-order valence-corrected chi connectivity index (χ1v) is 6.37. The Bertz CT molecular complexity index is 676. The van der Waals surface area contributed by atoms with Gasteiger partial charge in [-0.15, -0.1) is 0 Å². The van der Waals surface area contributed by atoms with Gasteiger partial charge in [0.05, 0.1) is 19.1 Å². The van der Waals surface area contributed by atoms with E-state index in [4.69, 9.17) is 4.74 Å². The summed E-state index contributed by atoms with van der Waals surface area (Å²) >= 11 is 0. The molecule has 0 spiro atoms. The number of rotatable bonds is 3. The normalized spacial score (nSPS) is 17.1. The molecule has 1 aromatic carbocycles. The molecule has 3 N–H and O–H groups in total. The van der Waals surface area contributed by atoms with Gasteiger partial charge in [-0.1, -0.05) is 18.2 Å². The molecule has 0 radical (unpaired) electrons. The van der Waals surface area contributed by atoms with Crippen LogP contribution in [-0.4, -0.2) is 27.7 Å². The largest absolute Gasteiger partial charge is 0.493 e. The molecular weight excluding hydrogens is 260 g/mol. The molecule has 104 valence electrons. The van der Waals surface area contributed by atoms with Crippen molar-refractivity contribution < 1.29 is 9.53 Å². The van der Waals surface area contributed by atoms with Crippen molar-refractivity contribution in [3.8, 4) is 5.75 Å². The van der Waals surface area contributed by atoms with Crippen molar-refractivity contribution in [2.75, 3.05) is 6.61 Å². The fourth-order valence-corrected chi connectivity index (χ4v) is 2.30. The van der Waals surface area contributed by atoms with Gasteiger partial charge in [0.15, 0.2) is 0 Å². The molecule has 0 unspecified atom stereocenters. The number of ether oxygens (including phenoxy) is 1. The van der Waals surface area contributed by atoms with E-state index < -0.39 is 0 Å². The average molecular weight is 274 g/mol. The molecule has 3 rings (SSSR count). The predicted octanol–water partition coefficient (Wildman–Crippen LogP) is 0.280. The van der Waals surface area contributed by atoms with Gasteiger partial charge in [-0.05, 0) is 12.5 Å². The number of aromatic nitrogens is 3. The number of para-hydroxylation sites is 1. The lowest BCUT2D eigenvalue weighted by molar-refractivity contribution is -0.123. The van der Waals surface area contributed by atoms with Gasteiger partial charge in [0.1, 0.15) is 11.6 Å². The zero-order chi connectivity index (χ0) is 13.9. The lowest BCUT2D eigenvalue weighted by Crippen LogP contribution is -2.32. The van der Waals surface area contributed by atoms with Crippen LogP contribution in [0.15, 0.2) is 29.1 Å². The van der Waals surface area contributed by atoms with Gasteiger partial charge in [0.2, 0.25) is 5.91 Å². The second-order valence-electron chi connectivity index (χ2n) is 4.57. The van der Waals surface area contributed by atoms with Crippen LogP contribution in [0.3, 0.4) is 0 Å². The van der Waals surface area contributed by atoms with Crippen LogP contribution < -0.4 is 15.7 Å². The SMILES string of the molecule is O=C(NCc1n[nH]c(=O)[nH]1)[C@@H]1CCOc2ccccc21. The summed E-state index contributed by atoms with van der Waals surface area (Å²) in [4.78, 5) is 25.6. The fraction of sp³-hybridized carbons (Fsp3) is 0.308. The van der Waals surface area contributed by atoms with Gasteiger partial charge in [0, 0.05) is 5.56 Å². The van der Waals surface area contributed by atoms with E-state index in [1.807, 2.05) is 24.3 Å². The highest BCUT2D eigenvalue weighted by Crippen LogP contribution is 2.33. The first-order valence-electron chi connectivity index (χ1n) is 6.37. The predicted molar refractivity (Wildman–Crippen MR) is 70.4 cm³/mol. The van der Waals surface area contributed by atoms with Gasteiger partial charge >= 0.3 is 5.69 Å². The standard InChI is InChI=1S/C13H14N4O3/c18-12(14-7-11-15-13(19)17-16-11)9-5-6-20-10-4-2-1-3-8(9)10/h1-4,9H,5-7H2,(H,14,18)(H2,15,16,17,19)/t9-/m1/s1. The van der Waals surface area contributed by atoms with Crippen LogP contribution in [0.5, 0.6) is 5.75 Å². The highest BCUT2D eigenvalue weighted by Gasteiger charge is 2.27. The summed E-state index contributed by atoms with van der Waals surface area (Å²) in [6.45, 7) is 0.714. The minimum atomic E-state index is -0.384. The first kappa shape index (κ1) is 12.5. The van der Waals surface area contributed by atoms with Crippen molar-refractivity contribution in [3.63, 3.8) is 0 Å². The van der Waals surface area contributed by atoms with Crippen LogP contribution in [0.25, 0.3) is 0 Å². The van der Waals surface area contributed by atoms with Crippen LogP contribution in [0, 0.1) is 0 Å². The molecule has 7 heteroatoms. The Balaban J connectivity index is 1.70. The van der Waals surface area contributed by atoms with Gasteiger partial charge in [0.25, 0.3) is 0 Å². The quantitative estimate of drug-likeness (QED) is 0.748. The first-order chi connectivity index (χ1) is 9.74. The molecule has 1 amide bonds.